The van der Waals surface area contributed by atoms with Crippen molar-refractivity contribution in [3.63, 3.8) is 0 Å². The quantitative estimate of drug-likeness (QED) is 0.517. The van der Waals surface area contributed by atoms with Gasteiger partial charge in [-0.25, -0.2) is 10.9 Å². The van der Waals surface area contributed by atoms with Crippen molar-refractivity contribution in [1.82, 2.24) is 26.1 Å². The fourth-order valence-corrected chi connectivity index (χ4v) is 5.26. The molecule has 0 bridgehead atoms. The van der Waals surface area contributed by atoms with Crippen molar-refractivity contribution in [1.29, 1.82) is 0 Å². The number of benzene rings is 1. The van der Waals surface area contributed by atoms with Gasteiger partial charge in [0.15, 0.2) is 0 Å². The molecule has 4 heterocycles. The van der Waals surface area contributed by atoms with E-state index in [4.69, 9.17) is 0 Å². The number of para-hydroxylation sites is 1. The number of nitrogens with zero attached hydrogens (tertiary/aromatic N) is 1. The Bertz CT molecular complexity index is 1090. The molecule has 1 aromatic carbocycles. The van der Waals surface area contributed by atoms with Crippen molar-refractivity contribution in [3.05, 3.63) is 68.6 Å². The number of aromatic nitrogens is 1. The summed E-state index contributed by atoms with van der Waals surface area (Å²) in [5.41, 5.74) is 7.71. The lowest BCUT2D eigenvalue weighted by atomic mass is 10.0. The number of fused-ring (bicyclic) bond motifs is 1. The number of pyridine rings is 1. The minimum atomic E-state index is -0.256. The number of hydrogen-bond acceptors (Lipinski definition) is 6. The first kappa shape index (κ1) is 19.4. The Balaban J connectivity index is 1.19. The molecule has 30 heavy (non-hydrogen) atoms. The molecule has 7 nitrogen and oxygen atoms in total. The van der Waals surface area contributed by atoms with Crippen molar-refractivity contribution in [2.45, 2.75) is 37.5 Å². The fraction of sp³-hybridized carbons (Fsp3) is 0.364. The lowest BCUT2D eigenvalue weighted by Gasteiger charge is -2.35. The van der Waals surface area contributed by atoms with Gasteiger partial charge in [0.05, 0.1) is 17.8 Å². The Morgan fingerprint density at radius 3 is 2.73 bits per heavy atom. The number of carbonyl (C=O) groups excluding carboxylic acids is 1. The summed E-state index contributed by atoms with van der Waals surface area (Å²) in [5, 5.41) is 6.03. The van der Waals surface area contributed by atoms with Gasteiger partial charge in [-0.15, -0.1) is 11.3 Å². The maximum Gasteiger partial charge on any atom is 0.252 e. The highest BCUT2D eigenvalue weighted by Gasteiger charge is 2.32. The smallest absolute Gasteiger partial charge is 0.252 e. The molecule has 8 heteroatoms. The molecular weight excluding hydrogens is 398 g/mol. The normalized spacial score (nSPS) is 23.1. The summed E-state index contributed by atoms with van der Waals surface area (Å²) < 4.78 is 0. The Labute approximate surface area is 178 Å². The molecular formula is C22H25N5O2S. The van der Waals surface area contributed by atoms with E-state index < -0.39 is 0 Å². The average molecular weight is 424 g/mol. The number of aromatic amines is 1. The van der Waals surface area contributed by atoms with Gasteiger partial charge < -0.3 is 10.3 Å². The van der Waals surface area contributed by atoms with Crippen LogP contribution >= 0.6 is 11.3 Å². The summed E-state index contributed by atoms with van der Waals surface area (Å²) in [4.78, 5) is 31.4. The topological polar surface area (TPSA) is 89.3 Å². The largest absolute Gasteiger partial charge is 0.349 e. The number of thiophene rings is 1. The number of rotatable bonds is 4. The number of likely N-dealkylation sites (tertiary alicyclic amines) is 1. The zero-order valence-electron chi connectivity index (χ0n) is 16.6. The summed E-state index contributed by atoms with van der Waals surface area (Å²) in [6.07, 6.45) is 3.14. The van der Waals surface area contributed by atoms with Crippen LogP contribution in [-0.2, 0) is 0 Å². The Morgan fingerprint density at radius 1 is 1.10 bits per heavy atom. The van der Waals surface area contributed by atoms with Crippen LogP contribution in [0, 0.1) is 0 Å². The zero-order chi connectivity index (χ0) is 20.5. The van der Waals surface area contributed by atoms with Crippen LogP contribution in [0.2, 0.25) is 0 Å². The molecule has 0 radical (unpaired) electrons. The van der Waals surface area contributed by atoms with Crippen molar-refractivity contribution in [2.75, 3.05) is 13.1 Å². The third-order valence-corrected chi connectivity index (χ3v) is 7.06. The number of hydrogen-bond donors (Lipinski definition) is 4. The van der Waals surface area contributed by atoms with E-state index in [2.05, 4.69) is 43.6 Å². The molecule has 4 N–H and O–H groups in total. The highest BCUT2D eigenvalue weighted by atomic mass is 32.1. The van der Waals surface area contributed by atoms with E-state index in [-0.39, 0.29) is 17.5 Å². The van der Waals surface area contributed by atoms with Crippen molar-refractivity contribution < 1.29 is 4.79 Å². The van der Waals surface area contributed by atoms with E-state index in [9.17, 15) is 9.59 Å². The molecule has 5 rings (SSSR count). The molecule has 2 saturated heterocycles. The summed E-state index contributed by atoms with van der Waals surface area (Å²) >= 11 is 1.78. The summed E-state index contributed by atoms with van der Waals surface area (Å²) in [6.45, 7) is 1.86. The molecule has 2 fully saturated rings. The Hall–Kier alpha value is -2.52. The molecule has 0 saturated carbocycles. The monoisotopic (exact) mass is 423 g/mol. The van der Waals surface area contributed by atoms with Gasteiger partial charge in [0.2, 0.25) is 5.56 Å². The van der Waals surface area contributed by atoms with Crippen molar-refractivity contribution in [3.8, 4) is 0 Å². The predicted molar refractivity (Wildman–Crippen MR) is 118 cm³/mol. The number of carbonyl (C=O) groups is 1. The fourth-order valence-electron chi connectivity index (χ4n) is 4.47. The molecule has 2 aliphatic heterocycles. The standard InChI is InChI=1S/C22H25N5O2S/c28-21-12-16(15-4-1-2-5-17(15)24-21)22(29)23-14-7-9-27(10-8-14)20-13-18(25-26-20)19-6-3-11-30-19/h1-6,11-12,14,18,20,25-26H,7-10,13H2,(H,23,29)(H,24,28). The SMILES string of the molecule is O=C(NC1CCN(C2CC(c3cccs3)NN2)CC1)c1cc(=O)[nH]c2ccccc12. The number of hydrazine groups is 1. The second-order valence-corrected chi connectivity index (χ2v) is 8.96. The summed E-state index contributed by atoms with van der Waals surface area (Å²) in [5.74, 6) is -0.172. The van der Waals surface area contributed by atoms with E-state index in [0.717, 1.165) is 37.7 Å². The highest BCUT2D eigenvalue weighted by molar-refractivity contribution is 7.10. The highest BCUT2D eigenvalue weighted by Crippen LogP contribution is 2.28. The molecule has 0 aliphatic carbocycles. The van der Waals surface area contributed by atoms with Crippen molar-refractivity contribution >= 4 is 28.1 Å². The molecule has 2 unspecified atom stereocenters. The zero-order valence-corrected chi connectivity index (χ0v) is 17.4. The molecule has 156 valence electrons. The van der Waals surface area contributed by atoms with Crippen LogP contribution in [-0.4, -0.2) is 41.1 Å². The van der Waals surface area contributed by atoms with Crippen LogP contribution < -0.4 is 21.7 Å². The van der Waals surface area contributed by atoms with Gasteiger partial charge in [-0.2, -0.15) is 0 Å². The lowest BCUT2D eigenvalue weighted by Crippen LogP contribution is -2.51. The van der Waals surface area contributed by atoms with E-state index in [1.807, 2.05) is 24.3 Å². The third kappa shape index (κ3) is 3.91. The Morgan fingerprint density at radius 2 is 1.93 bits per heavy atom. The van der Waals surface area contributed by atoms with Gasteiger partial charge in [-0.05, 0) is 36.8 Å². The first-order chi connectivity index (χ1) is 14.7. The second kappa shape index (κ2) is 8.31. The van der Waals surface area contributed by atoms with Crippen molar-refractivity contribution in [2.24, 2.45) is 0 Å². The summed E-state index contributed by atoms with van der Waals surface area (Å²) in [7, 11) is 0. The van der Waals surface area contributed by atoms with E-state index in [0.29, 0.717) is 23.3 Å². The molecule has 2 aromatic heterocycles. The van der Waals surface area contributed by atoms with Crippen LogP contribution in [0.4, 0.5) is 0 Å². The first-order valence-corrected chi connectivity index (χ1v) is 11.3. The first-order valence-electron chi connectivity index (χ1n) is 10.4. The van der Waals surface area contributed by atoms with Gasteiger partial charge >= 0.3 is 0 Å². The van der Waals surface area contributed by atoms with Gasteiger partial charge in [0.1, 0.15) is 0 Å². The van der Waals surface area contributed by atoms with Gasteiger partial charge in [0, 0.05) is 41.0 Å². The molecule has 1 amide bonds. The lowest BCUT2D eigenvalue weighted by molar-refractivity contribution is 0.0881. The predicted octanol–water partition coefficient (Wildman–Crippen LogP) is 2.35. The Kier molecular flexibility index (Phi) is 5.39. The summed E-state index contributed by atoms with van der Waals surface area (Å²) in [6, 6.07) is 13.5. The van der Waals surface area contributed by atoms with Gasteiger partial charge in [-0.3, -0.25) is 14.5 Å². The minimum absolute atomic E-state index is 0.120. The van der Waals surface area contributed by atoms with E-state index in [1.54, 1.807) is 11.3 Å². The van der Waals surface area contributed by atoms with Gasteiger partial charge in [-0.1, -0.05) is 24.3 Å². The van der Waals surface area contributed by atoms with Crippen LogP contribution in [0.15, 0.2) is 52.6 Å². The van der Waals surface area contributed by atoms with E-state index in [1.165, 1.54) is 10.9 Å². The van der Waals surface area contributed by atoms with Crippen LogP contribution in [0.3, 0.4) is 0 Å². The van der Waals surface area contributed by atoms with E-state index >= 15 is 0 Å². The number of amides is 1. The van der Waals surface area contributed by atoms with Crippen LogP contribution in [0.25, 0.3) is 10.9 Å². The van der Waals surface area contributed by atoms with Crippen LogP contribution in [0.5, 0.6) is 0 Å². The van der Waals surface area contributed by atoms with Gasteiger partial charge in [0.25, 0.3) is 5.91 Å². The molecule has 3 aromatic rings. The molecule has 2 atom stereocenters. The second-order valence-electron chi connectivity index (χ2n) is 7.98. The molecule has 0 spiro atoms. The molecule has 2 aliphatic rings. The average Bonchev–Trinajstić information content (AvgIpc) is 3.45. The third-order valence-electron chi connectivity index (χ3n) is 6.07. The number of nitrogens with one attached hydrogen (secondary N) is 4. The number of piperidine rings is 1. The van der Waals surface area contributed by atoms with Crippen LogP contribution in [0.1, 0.15) is 40.5 Å². The number of H-pyrrole nitrogens is 1. The maximum atomic E-state index is 12.9. The minimum Gasteiger partial charge on any atom is -0.349 e. The maximum absolute atomic E-state index is 12.9.